The van der Waals surface area contributed by atoms with Gasteiger partial charge in [0, 0.05) is 46.4 Å². The second-order valence-electron chi connectivity index (χ2n) is 7.96. The van der Waals surface area contributed by atoms with Crippen LogP contribution in [-0.2, 0) is 12.8 Å². The van der Waals surface area contributed by atoms with Gasteiger partial charge in [0.05, 0.1) is 5.52 Å². The van der Waals surface area contributed by atoms with Gasteiger partial charge >= 0.3 is 0 Å². The maximum atomic E-state index is 11.1. The fraction of sp³-hybridized carbons (Fsp3) is 0.304. The third kappa shape index (κ3) is 3.36. The fourth-order valence-corrected chi connectivity index (χ4v) is 4.05. The van der Waals surface area contributed by atoms with Crippen molar-refractivity contribution in [2.45, 2.75) is 12.8 Å². The molecule has 7 heteroatoms. The lowest BCUT2D eigenvalue weighted by Crippen LogP contribution is -2.14. The van der Waals surface area contributed by atoms with Crippen molar-refractivity contribution in [1.29, 1.82) is 0 Å². The molecule has 0 atom stereocenters. The molecule has 30 heavy (non-hydrogen) atoms. The van der Waals surface area contributed by atoms with Crippen molar-refractivity contribution < 1.29 is 15.3 Å². The van der Waals surface area contributed by atoms with Crippen LogP contribution in [0.1, 0.15) is 11.1 Å². The molecule has 158 valence electrons. The molecule has 0 aliphatic rings. The molecule has 6 N–H and O–H groups in total. The number of phenolic OH excluding ortho intramolecular Hbond substituents is 3. The maximum absolute atomic E-state index is 11.1. The van der Waals surface area contributed by atoms with E-state index in [9.17, 15) is 15.3 Å². The van der Waals surface area contributed by atoms with Crippen LogP contribution in [0.5, 0.6) is 17.2 Å². The molecule has 0 saturated heterocycles. The summed E-state index contributed by atoms with van der Waals surface area (Å²) in [5.41, 5.74) is 4.11. The van der Waals surface area contributed by atoms with Gasteiger partial charge in [0.2, 0.25) is 0 Å². The van der Waals surface area contributed by atoms with E-state index in [4.69, 9.17) is 0 Å². The molecule has 7 nitrogen and oxygen atoms in total. The van der Waals surface area contributed by atoms with Crippen LogP contribution >= 0.6 is 0 Å². The van der Waals surface area contributed by atoms with Crippen LogP contribution in [0.2, 0.25) is 0 Å². The number of likely N-dealkylation sites (N-methyl/N-ethyl adjacent to an activating group) is 2. The summed E-state index contributed by atoms with van der Waals surface area (Å²) in [6, 6.07) is 5.17. The van der Waals surface area contributed by atoms with Crippen molar-refractivity contribution in [3.63, 3.8) is 0 Å². The van der Waals surface area contributed by atoms with Gasteiger partial charge in [0.1, 0.15) is 17.2 Å². The third-order valence-corrected chi connectivity index (χ3v) is 5.65. The Morgan fingerprint density at radius 1 is 0.900 bits per heavy atom. The lowest BCUT2D eigenvalue weighted by atomic mass is 9.97. The highest BCUT2D eigenvalue weighted by atomic mass is 16.3. The molecule has 0 aliphatic heterocycles. The number of H-pyrrole nitrogens is 2. The second kappa shape index (κ2) is 7.93. The molecular formula is C23H28N4O3. The van der Waals surface area contributed by atoms with E-state index in [0.29, 0.717) is 22.0 Å². The molecule has 0 fully saturated rings. The summed E-state index contributed by atoms with van der Waals surface area (Å²) in [5, 5.41) is 37.2. The summed E-state index contributed by atoms with van der Waals surface area (Å²) in [6.07, 6.45) is 5.22. The van der Waals surface area contributed by atoms with Gasteiger partial charge in [-0.2, -0.15) is 0 Å². The number of hydrogen-bond donors (Lipinski definition) is 6. The minimum Gasteiger partial charge on any atom is -0.507 e. The van der Waals surface area contributed by atoms with E-state index >= 15 is 0 Å². The zero-order valence-corrected chi connectivity index (χ0v) is 17.5. The first-order valence-corrected chi connectivity index (χ1v) is 10.1. The molecule has 0 aliphatic carbocycles. The molecule has 2 aromatic carbocycles. The van der Waals surface area contributed by atoms with Crippen LogP contribution in [0.15, 0.2) is 30.6 Å². The van der Waals surface area contributed by atoms with Crippen molar-refractivity contribution in [2.24, 2.45) is 0 Å². The van der Waals surface area contributed by atoms with E-state index in [1.54, 1.807) is 12.3 Å². The Morgan fingerprint density at radius 2 is 1.63 bits per heavy atom. The molecule has 0 unspecified atom stereocenters. The Labute approximate surface area is 175 Å². The standard InChI is InChI=1S/C23H28N4O3/c1-24-8-6-13-12-26-21-20(13)18(28)10-16(23(21)30)15-4-5-17-19(22(15)29)14(11-25-17)7-9-27(2)3/h4-5,10-12,24-26,28-30H,6-9H2,1-3H3. The summed E-state index contributed by atoms with van der Waals surface area (Å²) >= 11 is 0. The number of aromatic amines is 2. The van der Waals surface area contributed by atoms with Gasteiger partial charge in [0.15, 0.2) is 0 Å². The molecule has 4 rings (SSSR count). The van der Waals surface area contributed by atoms with Crippen LogP contribution in [-0.4, -0.2) is 64.4 Å². The zero-order chi connectivity index (χ0) is 21.4. The first-order chi connectivity index (χ1) is 14.4. The number of phenols is 3. The average molecular weight is 409 g/mol. The highest BCUT2D eigenvalue weighted by molar-refractivity contribution is 6.02. The molecule has 2 aromatic heterocycles. The van der Waals surface area contributed by atoms with Gasteiger partial charge in [-0.3, -0.25) is 0 Å². The Morgan fingerprint density at radius 3 is 2.37 bits per heavy atom. The molecule has 0 bridgehead atoms. The van der Waals surface area contributed by atoms with E-state index in [1.807, 2.05) is 33.4 Å². The van der Waals surface area contributed by atoms with Gasteiger partial charge < -0.3 is 35.5 Å². The molecule has 0 radical (unpaired) electrons. The minimum atomic E-state index is 0.0125. The third-order valence-electron chi connectivity index (χ3n) is 5.65. The predicted octanol–water partition coefficient (Wildman–Crippen LogP) is 3.30. The fourth-order valence-electron chi connectivity index (χ4n) is 4.05. The molecule has 0 saturated carbocycles. The Kier molecular flexibility index (Phi) is 5.32. The average Bonchev–Trinajstić information content (AvgIpc) is 3.33. The normalized spacial score (nSPS) is 11.9. The van der Waals surface area contributed by atoms with Crippen LogP contribution < -0.4 is 5.32 Å². The molecule has 4 aromatic rings. The van der Waals surface area contributed by atoms with Gasteiger partial charge in [-0.1, -0.05) is 0 Å². The minimum absolute atomic E-state index is 0.0125. The van der Waals surface area contributed by atoms with Gasteiger partial charge in [0.25, 0.3) is 0 Å². The van der Waals surface area contributed by atoms with E-state index in [-0.39, 0.29) is 17.2 Å². The van der Waals surface area contributed by atoms with Crippen molar-refractivity contribution in [3.8, 4) is 28.4 Å². The maximum Gasteiger partial charge on any atom is 0.147 e. The SMILES string of the molecule is CNCCc1c[nH]c2c(O)c(-c3ccc4[nH]cc(CCN(C)C)c4c3O)cc(O)c12. The second-order valence-corrected chi connectivity index (χ2v) is 7.96. The van der Waals surface area contributed by atoms with E-state index in [0.717, 1.165) is 48.0 Å². The number of nitrogens with zero attached hydrogens (tertiary/aromatic N) is 1. The van der Waals surface area contributed by atoms with E-state index < -0.39 is 0 Å². The van der Waals surface area contributed by atoms with Crippen LogP contribution in [0, 0.1) is 0 Å². The highest BCUT2D eigenvalue weighted by Gasteiger charge is 2.21. The largest absolute Gasteiger partial charge is 0.507 e. The van der Waals surface area contributed by atoms with Crippen molar-refractivity contribution in [2.75, 3.05) is 34.2 Å². The number of fused-ring (bicyclic) bond motifs is 2. The summed E-state index contributed by atoms with van der Waals surface area (Å²) in [6.45, 7) is 1.61. The van der Waals surface area contributed by atoms with E-state index in [1.165, 1.54) is 6.07 Å². The summed E-state index contributed by atoms with van der Waals surface area (Å²) in [4.78, 5) is 8.38. The summed E-state index contributed by atoms with van der Waals surface area (Å²) in [7, 11) is 5.89. The molecule has 2 heterocycles. The number of hydrogen-bond acceptors (Lipinski definition) is 5. The number of nitrogens with one attached hydrogen (secondary N) is 3. The van der Waals surface area contributed by atoms with Crippen LogP contribution in [0.25, 0.3) is 32.9 Å². The molecule has 0 amide bonds. The van der Waals surface area contributed by atoms with Crippen molar-refractivity contribution >= 4 is 21.8 Å². The van der Waals surface area contributed by atoms with Gasteiger partial charge in [-0.05, 0) is 69.9 Å². The van der Waals surface area contributed by atoms with Gasteiger partial charge in [-0.25, -0.2) is 0 Å². The lowest BCUT2D eigenvalue weighted by Gasteiger charge is -2.13. The first-order valence-electron chi connectivity index (χ1n) is 10.1. The van der Waals surface area contributed by atoms with E-state index in [2.05, 4.69) is 20.2 Å². The topological polar surface area (TPSA) is 108 Å². The van der Waals surface area contributed by atoms with Crippen molar-refractivity contribution in [3.05, 3.63) is 41.7 Å². The zero-order valence-electron chi connectivity index (χ0n) is 17.5. The quantitative estimate of drug-likeness (QED) is 0.263. The molecular weight excluding hydrogens is 380 g/mol. The Balaban J connectivity index is 1.85. The number of rotatable bonds is 7. The predicted molar refractivity (Wildman–Crippen MR) is 120 cm³/mol. The lowest BCUT2D eigenvalue weighted by molar-refractivity contribution is 0.414. The van der Waals surface area contributed by atoms with Gasteiger partial charge in [-0.15, -0.1) is 0 Å². The number of aromatic hydroxyl groups is 3. The van der Waals surface area contributed by atoms with Crippen LogP contribution in [0.4, 0.5) is 0 Å². The van der Waals surface area contributed by atoms with Crippen molar-refractivity contribution in [1.82, 2.24) is 20.2 Å². The Hall–Kier alpha value is -3.16. The summed E-state index contributed by atoms with van der Waals surface area (Å²) < 4.78 is 0. The summed E-state index contributed by atoms with van der Waals surface area (Å²) in [5.74, 6) is 0.184. The smallest absolute Gasteiger partial charge is 0.147 e. The first kappa shape index (κ1) is 20.1. The monoisotopic (exact) mass is 408 g/mol. The number of benzene rings is 2. The highest BCUT2D eigenvalue weighted by Crippen LogP contribution is 2.46. The number of aromatic nitrogens is 2. The molecule has 0 spiro atoms. The van der Waals surface area contributed by atoms with Crippen LogP contribution in [0.3, 0.4) is 0 Å². The Bertz CT molecular complexity index is 1210.